The van der Waals surface area contributed by atoms with Crippen molar-refractivity contribution in [2.45, 2.75) is 18.9 Å². The van der Waals surface area contributed by atoms with Crippen molar-refractivity contribution >= 4 is 23.0 Å². The van der Waals surface area contributed by atoms with Crippen molar-refractivity contribution in [1.82, 2.24) is 15.0 Å². The van der Waals surface area contributed by atoms with Gasteiger partial charge in [0.15, 0.2) is 5.69 Å². The van der Waals surface area contributed by atoms with E-state index in [-0.39, 0.29) is 17.4 Å². The third-order valence-electron chi connectivity index (χ3n) is 5.18. The van der Waals surface area contributed by atoms with Crippen molar-refractivity contribution in [3.63, 3.8) is 0 Å². The minimum atomic E-state index is -0.419. The lowest BCUT2D eigenvalue weighted by atomic mass is 10.1. The molecule has 1 fully saturated rings. The number of amides is 1. The van der Waals surface area contributed by atoms with Crippen LogP contribution in [0, 0.1) is 0 Å². The first-order valence-corrected chi connectivity index (χ1v) is 10.1. The maximum Gasteiger partial charge on any atom is 0.276 e. The number of nitrogen functional groups attached to an aromatic ring is 1. The lowest BCUT2D eigenvalue weighted by molar-refractivity contribution is 0.102. The van der Waals surface area contributed by atoms with Crippen molar-refractivity contribution in [3.05, 3.63) is 54.5 Å². The summed E-state index contributed by atoms with van der Waals surface area (Å²) in [6.45, 7) is 1.60. The van der Waals surface area contributed by atoms with Crippen LogP contribution in [0.4, 0.5) is 17.1 Å². The molecule has 1 aliphatic rings. The largest absolute Gasteiger partial charge is 0.481 e. The Kier molecular flexibility index (Phi) is 5.94. The van der Waals surface area contributed by atoms with E-state index in [1.54, 1.807) is 43.8 Å². The van der Waals surface area contributed by atoms with Crippen LogP contribution in [0.25, 0.3) is 11.4 Å². The van der Waals surface area contributed by atoms with Crippen LogP contribution >= 0.6 is 0 Å². The number of rotatable bonds is 5. The molecule has 9 heteroatoms. The highest BCUT2D eigenvalue weighted by Gasteiger charge is 2.21. The van der Waals surface area contributed by atoms with Gasteiger partial charge in [-0.2, -0.15) is 0 Å². The molecular weight excluding hydrogens is 394 g/mol. The number of nitrogens with zero attached hydrogens (tertiary/aromatic N) is 4. The van der Waals surface area contributed by atoms with Crippen LogP contribution in [0.5, 0.6) is 5.88 Å². The molecule has 5 N–H and O–H groups in total. The van der Waals surface area contributed by atoms with Crippen molar-refractivity contribution < 1.29 is 9.53 Å². The number of hydrogen-bond donors (Lipinski definition) is 3. The van der Waals surface area contributed by atoms with Crippen LogP contribution in [-0.4, -0.2) is 47.1 Å². The first kappa shape index (κ1) is 20.5. The highest BCUT2D eigenvalue weighted by Crippen LogP contribution is 2.28. The predicted molar refractivity (Wildman–Crippen MR) is 120 cm³/mol. The zero-order valence-corrected chi connectivity index (χ0v) is 17.3. The minimum Gasteiger partial charge on any atom is -0.481 e. The van der Waals surface area contributed by atoms with Crippen molar-refractivity contribution in [3.8, 4) is 17.3 Å². The number of pyridine rings is 3. The highest BCUT2D eigenvalue weighted by molar-refractivity contribution is 6.07. The third-order valence-corrected chi connectivity index (χ3v) is 5.18. The van der Waals surface area contributed by atoms with Gasteiger partial charge in [0.1, 0.15) is 0 Å². The van der Waals surface area contributed by atoms with E-state index in [9.17, 15) is 4.79 Å². The minimum absolute atomic E-state index is 0.106. The summed E-state index contributed by atoms with van der Waals surface area (Å²) in [4.78, 5) is 28.2. The Bertz CT molecular complexity index is 1090. The van der Waals surface area contributed by atoms with E-state index in [0.717, 1.165) is 31.6 Å². The van der Waals surface area contributed by atoms with E-state index in [1.807, 2.05) is 12.1 Å². The summed E-state index contributed by atoms with van der Waals surface area (Å²) in [7, 11) is 1.54. The lowest BCUT2D eigenvalue weighted by Gasteiger charge is -2.33. The zero-order chi connectivity index (χ0) is 21.8. The van der Waals surface area contributed by atoms with Crippen molar-refractivity contribution in [2.24, 2.45) is 5.73 Å². The second-order valence-corrected chi connectivity index (χ2v) is 7.39. The van der Waals surface area contributed by atoms with Crippen LogP contribution in [0.3, 0.4) is 0 Å². The molecule has 1 atom stereocenters. The normalized spacial score (nSPS) is 16.1. The van der Waals surface area contributed by atoms with Crippen LogP contribution < -0.4 is 26.4 Å². The zero-order valence-electron chi connectivity index (χ0n) is 17.3. The Morgan fingerprint density at radius 1 is 1.19 bits per heavy atom. The number of anilines is 3. The standard InChI is InChI=1S/C22H25N7O2/c1-31-20-6-2-5-16(26-20)17-8-7-15(24)21(27-17)22(30)28-18-12-25-10-9-19(18)29-11-3-4-14(23)13-29/h2,5-10,12,14H,3-4,11,13,23-24H2,1H3,(H,28,30)/t14-/m0/s1. The first-order chi connectivity index (χ1) is 15.0. The highest BCUT2D eigenvalue weighted by atomic mass is 16.5. The van der Waals surface area contributed by atoms with E-state index in [0.29, 0.717) is 23.0 Å². The number of hydrogen-bond acceptors (Lipinski definition) is 8. The molecule has 1 amide bonds. The third kappa shape index (κ3) is 4.56. The number of aromatic nitrogens is 3. The summed E-state index contributed by atoms with van der Waals surface area (Å²) in [6.07, 6.45) is 5.32. The Morgan fingerprint density at radius 3 is 2.84 bits per heavy atom. The molecule has 0 bridgehead atoms. The summed E-state index contributed by atoms with van der Waals surface area (Å²) in [6, 6.07) is 10.7. The second-order valence-electron chi connectivity index (χ2n) is 7.39. The van der Waals surface area contributed by atoms with Crippen LogP contribution in [0.2, 0.25) is 0 Å². The summed E-state index contributed by atoms with van der Waals surface area (Å²) in [5.74, 6) is 0.0414. The quantitative estimate of drug-likeness (QED) is 0.574. The van der Waals surface area contributed by atoms with Gasteiger partial charge in [-0.15, -0.1) is 0 Å². The molecule has 0 aromatic carbocycles. The maximum absolute atomic E-state index is 13.1. The van der Waals surface area contributed by atoms with E-state index >= 15 is 0 Å². The molecule has 0 unspecified atom stereocenters. The molecule has 160 valence electrons. The van der Waals surface area contributed by atoms with Crippen molar-refractivity contribution in [2.75, 3.05) is 36.1 Å². The number of piperidine rings is 1. The van der Waals surface area contributed by atoms with Gasteiger partial charge in [-0.25, -0.2) is 9.97 Å². The average Bonchev–Trinajstić information content (AvgIpc) is 2.79. The number of ether oxygens (including phenoxy) is 1. The predicted octanol–water partition coefficient (Wildman–Crippen LogP) is 2.31. The number of nitrogens with one attached hydrogen (secondary N) is 1. The smallest absolute Gasteiger partial charge is 0.276 e. The summed E-state index contributed by atoms with van der Waals surface area (Å²) in [5.41, 5.74) is 15.2. The Hall–Kier alpha value is -3.72. The van der Waals surface area contributed by atoms with Crippen molar-refractivity contribution in [1.29, 1.82) is 0 Å². The topological polar surface area (TPSA) is 132 Å². The molecule has 9 nitrogen and oxygen atoms in total. The van der Waals surface area contributed by atoms with Crippen LogP contribution in [0.15, 0.2) is 48.8 Å². The molecule has 0 spiro atoms. The molecule has 1 aliphatic heterocycles. The average molecular weight is 419 g/mol. The van der Waals surface area contributed by atoms with E-state index in [4.69, 9.17) is 16.2 Å². The maximum atomic E-state index is 13.1. The van der Waals surface area contributed by atoms with Gasteiger partial charge in [-0.1, -0.05) is 6.07 Å². The summed E-state index contributed by atoms with van der Waals surface area (Å²) < 4.78 is 5.17. The van der Waals surface area contributed by atoms with E-state index < -0.39 is 5.91 Å². The molecular formula is C22H25N7O2. The Labute approximate surface area is 180 Å². The molecule has 0 radical (unpaired) electrons. The number of carbonyl (C=O) groups excluding carboxylic acids is 1. The Morgan fingerprint density at radius 2 is 2.03 bits per heavy atom. The molecule has 0 saturated carbocycles. The van der Waals surface area contributed by atoms with E-state index in [1.165, 1.54) is 0 Å². The summed E-state index contributed by atoms with van der Waals surface area (Å²) >= 11 is 0. The van der Waals surface area contributed by atoms with E-state index in [2.05, 4.69) is 25.2 Å². The molecule has 1 saturated heterocycles. The Balaban J connectivity index is 1.61. The van der Waals surface area contributed by atoms with Gasteiger partial charge in [-0.05, 0) is 37.1 Å². The van der Waals surface area contributed by atoms with Gasteiger partial charge in [0, 0.05) is 31.4 Å². The number of carbonyl (C=O) groups is 1. The molecule has 4 rings (SSSR count). The van der Waals surface area contributed by atoms with Crippen LogP contribution in [0.1, 0.15) is 23.3 Å². The molecule has 31 heavy (non-hydrogen) atoms. The van der Waals surface area contributed by atoms with Crippen LogP contribution in [-0.2, 0) is 0 Å². The lowest BCUT2D eigenvalue weighted by Crippen LogP contribution is -2.43. The van der Waals surface area contributed by atoms with Gasteiger partial charge >= 0.3 is 0 Å². The van der Waals surface area contributed by atoms with Gasteiger partial charge in [-0.3, -0.25) is 9.78 Å². The fourth-order valence-electron chi connectivity index (χ4n) is 3.64. The first-order valence-electron chi connectivity index (χ1n) is 10.1. The SMILES string of the molecule is COc1cccc(-c2ccc(N)c(C(=O)Nc3cnccc3N3CCC[C@H](N)C3)n2)n1. The fraction of sp³-hybridized carbons (Fsp3) is 0.273. The number of nitrogens with two attached hydrogens (primary N) is 2. The second kappa shape index (κ2) is 8.97. The number of methoxy groups -OCH3 is 1. The van der Waals surface area contributed by atoms with Gasteiger partial charge in [0.2, 0.25) is 5.88 Å². The molecule has 3 aromatic heterocycles. The van der Waals surface area contributed by atoms with Gasteiger partial charge < -0.3 is 26.4 Å². The summed E-state index contributed by atoms with van der Waals surface area (Å²) in [5, 5.41) is 2.91. The molecule has 0 aliphatic carbocycles. The van der Waals surface area contributed by atoms with Gasteiger partial charge in [0.25, 0.3) is 5.91 Å². The fourth-order valence-corrected chi connectivity index (χ4v) is 3.64. The molecule has 3 aromatic rings. The van der Waals surface area contributed by atoms with Gasteiger partial charge in [0.05, 0.1) is 41.8 Å². The monoisotopic (exact) mass is 419 g/mol. The molecule has 4 heterocycles.